The van der Waals surface area contributed by atoms with Crippen molar-refractivity contribution >= 4 is 28.1 Å². The zero-order chi connectivity index (χ0) is 16.1. The van der Waals surface area contributed by atoms with Gasteiger partial charge in [0.05, 0.1) is 24.0 Å². The second-order valence-corrected chi connectivity index (χ2v) is 6.01. The normalized spacial score (nSPS) is 10.8. The first-order chi connectivity index (χ1) is 10.5. The molecule has 0 saturated carbocycles. The van der Waals surface area contributed by atoms with Crippen LogP contribution in [0.3, 0.4) is 0 Å². The summed E-state index contributed by atoms with van der Waals surface area (Å²) in [4.78, 5) is 12.4. The molecular weight excluding hydrogens is 298 g/mol. The quantitative estimate of drug-likeness (QED) is 0.853. The first kappa shape index (κ1) is 16.5. The highest BCUT2D eigenvalue weighted by molar-refractivity contribution is 7.10. The third-order valence-corrected chi connectivity index (χ3v) is 4.07. The van der Waals surface area contributed by atoms with E-state index in [1.165, 1.54) is 11.5 Å². The number of carbonyl (C=O) groups is 1. The first-order valence-electron chi connectivity index (χ1n) is 7.17. The Labute approximate surface area is 134 Å². The van der Waals surface area contributed by atoms with Crippen molar-refractivity contribution in [2.45, 2.75) is 33.5 Å². The maximum absolute atomic E-state index is 12.4. The van der Waals surface area contributed by atoms with Crippen LogP contribution < -0.4 is 10.6 Å². The monoisotopic (exact) mass is 319 g/mol. The highest BCUT2D eigenvalue weighted by atomic mass is 32.1. The molecule has 0 spiro atoms. The number of amides is 1. The minimum Gasteiger partial charge on any atom is -0.378 e. The number of aryl methyl sites for hydroxylation is 1. The lowest BCUT2D eigenvalue weighted by Gasteiger charge is -2.09. The molecule has 0 unspecified atom stereocenters. The van der Waals surface area contributed by atoms with Crippen LogP contribution in [0.15, 0.2) is 24.3 Å². The van der Waals surface area contributed by atoms with Gasteiger partial charge in [0, 0.05) is 12.7 Å². The second-order valence-electron chi connectivity index (χ2n) is 5.23. The van der Waals surface area contributed by atoms with Crippen molar-refractivity contribution in [2.75, 3.05) is 17.7 Å². The van der Waals surface area contributed by atoms with Crippen molar-refractivity contribution in [3.05, 3.63) is 41.1 Å². The standard InChI is InChI=1S/C16H21N3O2S/c1-10(2)21-9-12-5-7-13(8-6-12)18-15(20)14-11(3)19-22-16(14)17-4/h5-8,10,17H,9H2,1-4H3,(H,18,20). The fraction of sp³-hybridized carbons (Fsp3) is 0.375. The number of benzene rings is 1. The number of nitrogens with one attached hydrogen (secondary N) is 2. The summed E-state index contributed by atoms with van der Waals surface area (Å²) < 4.78 is 9.76. The minimum atomic E-state index is -0.151. The highest BCUT2D eigenvalue weighted by Crippen LogP contribution is 2.25. The Morgan fingerprint density at radius 1 is 1.32 bits per heavy atom. The SMILES string of the molecule is CNc1snc(C)c1C(=O)Nc1ccc(COC(C)C)cc1. The van der Waals surface area contributed by atoms with Crippen LogP contribution in [-0.2, 0) is 11.3 Å². The molecule has 0 bridgehead atoms. The lowest BCUT2D eigenvalue weighted by atomic mass is 10.2. The van der Waals surface area contributed by atoms with Crippen molar-refractivity contribution in [2.24, 2.45) is 0 Å². The predicted molar refractivity (Wildman–Crippen MR) is 90.7 cm³/mol. The molecule has 2 N–H and O–H groups in total. The molecule has 2 aromatic rings. The van der Waals surface area contributed by atoms with Crippen molar-refractivity contribution in [3.8, 4) is 0 Å². The van der Waals surface area contributed by atoms with E-state index in [-0.39, 0.29) is 12.0 Å². The molecule has 0 aliphatic carbocycles. The third kappa shape index (κ3) is 4.05. The average molecular weight is 319 g/mol. The van der Waals surface area contributed by atoms with Crippen LogP contribution in [0.5, 0.6) is 0 Å². The summed E-state index contributed by atoms with van der Waals surface area (Å²) in [5, 5.41) is 6.67. The molecule has 1 aromatic carbocycles. The Morgan fingerprint density at radius 3 is 2.59 bits per heavy atom. The Kier molecular flexibility index (Phi) is 5.51. The summed E-state index contributed by atoms with van der Waals surface area (Å²) in [5.74, 6) is -0.151. The number of anilines is 2. The molecule has 1 heterocycles. The number of carbonyl (C=O) groups excluding carboxylic acids is 1. The molecule has 0 saturated heterocycles. The van der Waals surface area contributed by atoms with E-state index in [1.807, 2.05) is 45.0 Å². The van der Waals surface area contributed by atoms with Crippen LogP contribution in [0.25, 0.3) is 0 Å². The average Bonchev–Trinajstić information content (AvgIpc) is 2.87. The third-order valence-electron chi connectivity index (χ3n) is 3.11. The molecule has 0 aliphatic heterocycles. The van der Waals surface area contributed by atoms with E-state index in [0.29, 0.717) is 12.2 Å². The second kappa shape index (κ2) is 7.38. The van der Waals surface area contributed by atoms with E-state index in [2.05, 4.69) is 15.0 Å². The summed E-state index contributed by atoms with van der Waals surface area (Å²) in [7, 11) is 1.78. The van der Waals surface area contributed by atoms with Gasteiger partial charge in [0.25, 0.3) is 5.91 Å². The molecule has 6 heteroatoms. The molecule has 0 aliphatic rings. The van der Waals surface area contributed by atoms with Crippen LogP contribution >= 0.6 is 11.5 Å². The molecule has 2 rings (SSSR count). The van der Waals surface area contributed by atoms with E-state index in [1.54, 1.807) is 7.05 Å². The van der Waals surface area contributed by atoms with Gasteiger partial charge in [-0.2, -0.15) is 4.37 Å². The van der Waals surface area contributed by atoms with Gasteiger partial charge in [-0.05, 0) is 50.0 Å². The Balaban J connectivity index is 2.04. The van der Waals surface area contributed by atoms with Crippen LogP contribution in [0.1, 0.15) is 35.5 Å². The van der Waals surface area contributed by atoms with Crippen LogP contribution in [-0.4, -0.2) is 23.4 Å². The number of rotatable bonds is 6. The van der Waals surface area contributed by atoms with Gasteiger partial charge in [0.15, 0.2) is 0 Å². The Morgan fingerprint density at radius 2 is 2.00 bits per heavy atom. The number of ether oxygens (including phenoxy) is 1. The van der Waals surface area contributed by atoms with E-state index >= 15 is 0 Å². The van der Waals surface area contributed by atoms with Gasteiger partial charge in [-0.1, -0.05) is 12.1 Å². The molecule has 118 valence electrons. The van der Waals surface area contributed by atoms with Crippen molar-refractivity contribution < 1.29 is 9.53 Å². The van der Waals surface area contributed by atoms with Crippen LogP contribution in [0.2, 0.25) is 0 Å². The zero-order valence-corrected chi connectivity index (χ0v) is 14.1. The summed E-state index contributed by atoms with van der Waals surface area (Å²) >= 11 is 1.29. The molecular formula is C16H21N3O2S. The summed E-state index contributed by atoms with van der Waals surface area (Å²) in [6, 6.07) is 7.67. The van der Waals surface area contributed by atoms with E-state index < -0.39 is 0 Å². The van der Waals surface area contributed by atoms with E-state index in [0.717, 1.165) is 21.9 Å². The Hall–Kier alpha value is -1.92. The summed E-state index contributed by atoms with van der Waals surface area (Å²) in [6.07, 6.45) is 0.202. The fourth-order valence-corrected chi connectivity index (χ4v) is 2.69. The lowest BCUT2D eigenvalue weighted by molar-refractivity contribution is 0.0657. The Bertz CT molecular complexity index is 635. The number of hydrogen-bond acceptors (Lipinski definition) is 5. The first-order valence-corrected chi connectivity index (χ1v) is 7.94. The number of hydrogen-bond donors (Lipinski definition) is 2. The van der Waals surface area contributed by atoms with Gasteiger partial charge in [-0.3, -0.25) is 4.79 Å². The zero-order valence-electron chi connectivity index (χ0n) is 13.3. The lowest BCUT2D eigenvalue weighted by Crippen LogP contribution is -2.14. The number of aromatic nitrogens is 1. The van der Waals surface area contributed by atoms with Crippen LogP contribution in [0.4, 0.5) is 10.7 Å². The molecule has 5 nitrogen and oxygen atoms in total. The molecule has 0 fully saturated rings. The molecule has 0 radical (unpaired) electrons. The van der Waals surface area contributed by atoms with Crippen molar-refractivity contribution in [3.63, 3.8) is 0 Å². The van der Waals surface area contributed by atoms with Gasteiger partial charge in [-0.15, -0.1) is 0 Å². The molecule has 0 atom stereocenters. The number of nitrogens with zero attached hydrogens (tertiary/aromatic N) is 1. The van der Waals surface area contributed by atoms with Crippen LogP contribution in [0, 0.1) is 6.92 Å². The van der Waals surface area contributed by atoms with Crippen molar-refractivity contribution in [1.82, 2.24) is 4.37 Å². The molecule has 1 aromatic heterocycles. The maximum atomic E-state index is 12.4. The smallest absolute Gasteiger partial charge is 0.260 e. The summed E-state index contributed by atoms with van der Waals surface area (Å²) in [5.41, 5.74) is 3.16. The van der Waals surface area contributed by atoms with E-state index in [9.17, 15) is 4.79 Å². The maximum Gasteiger partial charge on any atom is 0.260 e. The topological polar surface area (TPSA) is 63.2 Å². The van der Waals surface area contributed by atoms with Gasteiger partial charge in [0.2, 0.25) is 0 Å². The largest absolute Gasteiger partial charge is 0.378 e. The molecule has 1 amide bonds. The van der Waals surface area contributed by atoms with Crippen molar-refractivity contribution in [1.29, 1.82) is 0 Å². The fourth-order valence-electron chi connectivity index (χ4n) is 1.95. The van der Waals surface area contributed by atoms with Gasteiger partial charge < -0.3 is 15.4 Å². The van der Waals surface area contributed by atoms with Gasteiger partial charge in [0.1, 0.15) is 5.00 Å². The van der Waals surface area contributed by atoms with E-state index in [4.69, 9.17) is 4.74 Å². The molecule has 22 heavy (non-hydrogen) atoms. The summed E-state index contributed by atoms with van der Waals surface area (Å²) in [6.45, 7) is 6.41. The van der Waals surface area contributed by atoms with Gasteiger partial charge in [-0.25, -0.2) is 0 Å². The minimum absolute atomic E-state index is 0.151. The predicted octanol–water partition coefficient (Wildman–Crippen LogP) is 3.67. The highest BCUT2D eigenvalue weighted by Gasteiger charge is 2.17. The van der Waals surface area contributed by atoms with Gasteiger partial charge >= 0.3 is 0 Å².